The van der Waals surface area contributed by atoms with Crippen LogP contribution in [0.3, 0.4) is 0 Å². The number of nitrogens with one attached hydrogen (secondary N) is 1. The average Bonchev–Trinajstić information content (AvgIpc) is 2.37. The first-order valence-electron chi connectivity index (χ1n) is 5.58. The summed E-state index contributed by atoms with van der Waals surface area (Å²) >= 11 is 0. The van der Waals surface area contributed by atoms with Gasteiger partial charge in [-0.25, -0.2) is 9.78 Å². The summed E-state index contributed by atoms with van der Waals surface area (Å²) in [5.74, 6) is 0.840. The molecule has 0 saturated heterocycles. The summed E-state index contributed by atoms with van der Waals surface area (Å²) in [6, 6.07) is 9.38. The van der Waals surface area contributed by atoms with Crippen LogP contribution in [0.4, 0.5) is 0 Å². The lowest BCUT2D eigenvalue weighted by Gasteiger charge is -2.05. The molecule has 1 aromatic heterocycles. The van der Waals surface area contributed by atoms with E-state index >= 15 is 0 Å². The van der Waals surface area contributed by atoms with Crippen LogP contribution in [0.5, 0.6) is 5.75 Å². The Bertz CT molecular complexity index is 532. The van der Waals surface area contributed by atoms with Crippen LogP contribution >= 0.6 is 0 Å². The van der Waals surface area contributed by atoms with E-state index in [-0.39, 0.29) is 5.69 Å². The van der Waals surface area contributed by atoms with Gasteiger partial charge in [0.2, 0.25) is 0 Å². The Morgan fingerprint density at radius 2 is 2.00 bits per heavy atom. The lowest BCUT2D eigenvalue weighted by atomic mass is 10.1. The summed E-state index contributed by atoms with van der Waals surface area (Å²) < 4.78 is 5.49. The average molecular weight is 230 g/mol. The zero-order chi connectivity index (χ0) is 12.1. The molecule has 0 radical (unpaired) electrons. The zero-order valence-corrected chi connectivity index (χ0v) is 9.64. The summed E-state index contributed by atoms with van der Waals surface area (Å²) in [4.78, 5) is 17.3. The zero-order valence-electron chi connectivity index (χ0n) is 9.64. The van der Waals surface area contributed by atoms with E-state index in [2.05, 4.69) is 16.9 Å². The molecule has 0 unspecified atom stereocenters. The molecular formula is C13H14N2O2. The van der Waals surface area contributed by atoms with Gasteiger partial charge in [0.25, 0.3) is 0 Å². The lowest BCUT2D eigenvalue weighted by Crippen LogP contribution is -2.09. The second-order valence-electron chi connectivity index (χ2n) is 3.66. The summed E-state index contributed by atoms with van der Waals surface area (Å²) in [6.07, 6.45) is 2.48. The van der Waals surface area contributed by atoms with Crippen molar-refractivity contribution in [2.75, 3.05) is 6.61 Å². The number of hydrogen-bond acceptors (Lipinski definition) is 3. The van der Waals surface area contributed by atoms with E-state index in [0.29, 0.717) is 6.61 Å². The lowest BCUT2D eigenvalue weighted by molar-refractivity contribution is 0.317. The molecule has 88 valence electrons. The van der Waals surface area contributed by atoms with Crippen molar-refractivity contribution < 1.29 is 4.74 Å². The van der Waals surface area contributed by atoms with Crippen LogP contribution in [0.2, 0.25) is 0 Å². The number of benzene rings is 1. The molecule has 2 rings (SSSR count). The Morgan fingerprint density at radius 3 is 2.65 bits per heavy atom. The van der Waals surface area contributed by atoms with E-state index in [1.54, 1.807) is 6.07 Å². The first kappa shape index (κ1) is 11.4. The Labute approximate surface area is 99.3 Å². The van der Waals surface area contributed by atoms with Crippen molar-refractivity contribution >= 4 is 0 Å². The molecule has 0 spiro atoms. The second kappa shape index (κ2) is 5.30. The van der Waals surface area contributed by atoms with Gasteiger partial charge in [-0.2, -0.15) is 0 Å². The van der Waals surface area contributed by atoms with Crippen molar-refractivity contribution in [1.29, 1.82) is 0 Å². The second-order valence-corrected chi connectivity index (χ2v) is 3.66. The van der Waals surface area contributed by atoms with E-state index in [4.69, 9.17) is 4.74 Å². The maximum atomic E-state index is 11.1. The molecule has 4 nitrogen and oxygen atoms in total. The van der Waals surface area contributed by atoms with Crippen LogP contribution in [-0.2, 0) is 0 Å². The van der Waals surface area contributed by atoms with Crippen molar-refractivity contribution in [3.05, 3.63) is 47.0 Å². The minimum atomic E-state index is -0.339. The highest BCUT2D eigenvalue weighted by Crippen LogP contribution is 2.19. The third kappa shape index (κ3) is 2.93. The van der Waals surface area contributed by atoms with Gasteiger partial charge in [0, 0.05) is 6.20 Å². The van der Waals surface area contributed by atoms with Gasteiger partial charge < -0.3 is 9.72 Å². The maximum absolute atomic E-state index is 11.1. The molecule has 0 fully saturated rings. The van der Waals surface area contributed by atoms with Gasteiger partial charge in [0.15, 0.2) is 0 Å². The molecule has 0 amide bonds. The van der Waals surface area contributed by atoms with Crippen molar-refractivity contribution in [3.63, 3.8) is 0 Å². The number of ether oxygens (including phenoxy) is 1. The number of H-pyrrole nitrogens is 1. The summed E-state index contributed by atoms with van der Waals surface area (Å²) in [7, 11) is 0. The normalized spacial score (nSPS) is 10.2. The fraction of sp³-hybridized carbons (Fsp3) is 0.231. The Hall–Kier alpha value is -2.10. The molecule has 4 heteroatoms. The monoisotopic (exact) mass is 230 g/mol. The smallest absolute Gasteiger partial charge is 0.345 e. The highest BCUT2D eigenvalue weighted by atomic mass is 16.5. The minimum Gasteiger partial charge on any atom is -0.494 e. The van der Waals surface area contributed by atoms with E-state index < -0.39 is 0 Å². The molecule has 0 aliphatic rings. The predicted octanol–water partition coefficient (Wildman–Crippen LogP) is 2.23. The molecule has 0 bridgehead atoms. The van der Waals surface area contributed by atoms with E-state index in [9.17, 15) is 4.79 Å². The highest BCUT2D eigenvalue weighted by molar-refractivity contribution is 5.59. The molecule has 0 atom stereocenters. The number of nitrogens with zero attached hydrogens (tertiary/aromatic N) is 1. The van der Waals surface area contributed by atoms with Crippen LogP contribution in [0.1, 0.15) is 13.3 Å². The highest BCUT2D eigenvalue weighted by Gasteiger charge is 1.99. The van der Waals surface area contributed by atoms with E-state index in [1.165, 1.54) is 6.20 Å². The molecule has 1 N–H and O–H groups in total. The number of hydrogen-bond donors (Lipinski definition) is 1. The Balaban J connectivity index is 2.20. The van der Waals surface area contributed by atoms with Crippen LogP contribution in [-0.4, -0.2) is 16.6 Å². The predicted molar refractivity (Wildman–Crippen MR) is 66.1 cm³/mol. The van der Waals surface area contributed by atoms with Crippen LogP contribution in [0.15, 0.2) is 41.3 Å². The largest absolute Gasteiger partial charge is 0.494 e. The maximum Gasteiger partial charge on any atom is 0.345 e. The van der Waals surface area contributed by atoms with E-state index in [0.717, 1.165) is 23.4 Å². The standard InChI is InChI=1S/C13H14N2O2/c1-2-9-17-11-5-3-10(4-6-11)12-7-8-14-13(16)15-12/h3-8H,2,9H2,1H3,(H,14,15,16). The fourth-order valence-electron chi connectivity index (χ4n) is 1.49. The van der Waals surface area contributed by atoms with Gasteiger partial charge in [-0.3, -0.25) is 0 Å². The van der Waals surface area contributed by atoms with Gasteiger partial charge >= 0.3 is 5.69 Å². The Kier molecular flexibility index (Phi) is 3.55. The van der Waals surface area contributed by atoms with Gasteiger partial charge in [-0.05, 0) is 42.3 Å². The molecule has 2 aromatic rings. The third-order valence-electron chi connectivity index (χ3n) is 2.31. The summed E-state index contributed by atoms with van der Waals surface area (Å²) in [5.41, 5.74) is 1.36. The molecule has 1 heterocycles. The van der Waals surface area contributed by atoms with Crippen LogP contribution in [0.25, 0.3) is 11.3 Å². The Morgan fingerprint density at radius 1 is 1.24 bits per heavy atom. The molecule has 0 aliphatic heterocycles. The van der Waals surface area contributed by atoms with Crippen molar-refractivity contribution in [2.45, 2.75) is 13.3 Å². The molecule has 0 saturated carbocycles. The van der Waals surface area contributed by atoms with Gasteiger partial charge in [0.1, 0.15) is 5.75 Å². The number of rotatable bonds is 4. The van der Waals surface area contributed by atoms with Crippen molar-refractivity contribution in [1.82, 2.24) is 9.97 Å². The molecule has 1 aromatic carbocycles. The fourth-order valence-corrected chi connectivity index (χ4v) is 1.49. The van der Waals surface area contributed by atoms with Gasteiger partial charge in [0.05, 0.1) is 12.3 Å². The molecule has 0 aliphatic carbocycles. The number of aromatic nitrogens is 2. The van der Waals surface area contributed by atoms with Crippen molar-refractivity contribution in [2.24, 2.45) is 0 Å². The first-order valence-corrected chi connectivity index (χ1v) is 5.58. The van der Waals surface area contributed by atoms with Gasteiger partial charge in [-0.15, -0.1) is 0 Å². The first-order chi connectivity index (χ1) is 8.29. The number of aromatic amines is 1. The van der Waals surface area contributed by atoms with E-state index in [1.807, 2.05) is 24.3 Å². The minimum absolute atomic E-state index is 0.339. The topological polar surface area (TPSA) is 55.0 Å². The molecule has 17 heavy (non-hydrogen) atoms. The third-order valence-corrected chi connectivity index (χ3v) is 2.31. The van der Waals surface area contributed by atoms with Crippen molar-refractivity contribution in [3.8, 4) is 17.0 Å². The summed E-state index contributed by atoms with van der Waals surface area (Å²) in [6.45, 7) is 2.78. The van der Waals surface area contributed by atoms with Crippen LogP contribution in [0, 0.1) is 0 Å². The SMILES string of the molecule is CCCOc1ccc(-c2ccnc(=O)[nH]2)cc1. The summed E-state index contributed by atoms with van der Waals surface area (Å²) in [5, 5.41) is 0. The molecular weight excluding hydrogens is 216 g/mol. The van der Waals surface area contributed by atoms with Gasteiger partial charge in [-0.1, -0.05) is 6.92 Å². The quantitative estimate of drug-likeness (QED) is 0.876. The van der Waals surface area contributed by atoms with Crippen LogP contribution < -0.4 is 10.4 Å².